The zero-order chi connectivity index (χ0) is 13.9. The summed E-state index contributed by atoms with van der Waals surface area (Å²) >= 11 is 0. The van der Waals surface area contributed by atoms with Crippen molar-refractivity contribution in [2.24, 2.45) is 0 Å². The Hall–Kier alpha value is -1.00. The van der Waals surface area contributed by atoms with Crippen LogP contribution in [0.15, 0.2) is 30.3 Å². The first kappa shape index (κ1) is 14.4. The molecule has 19 heavy (non-hydrogen) atoms. The lowest BCUT2D eigenvalue weighted by Crippen LogP contribution is -2.47. The zero-order valence-corrected chi connectivity index (χ0v) is 11.6. The minimum atomic E-state index is -2.80. The van der Waals surface area contributed by atoms with Crippen molar-refractivity contribution in [2.45, 2.75) is 37.8 Å². The van der Waals surface area contributed by atoms with Gasteiger partial charge in [-0.15, -0.1) is 0 Å². The summed E-state index contributed by atoms with van der Waals surface area (Å²) in [5, 5.41) is 3.03. The van der Waals surface area contributed by atoms with Crippen LogP contribution in [-0.2, 0) is 5.92 Å². The lowest BCUT2D eigenvalue weighted by atomic mass is 9.98. The van der Waals surface area contributed by atoms with Crippen LogP contribution in [-0.4, -0.2) is 37.1 Å². The number of nitrogens with one attached hydrogen (secondary N) is 1. The molecule has 1 aliphatic rings. The molecular weight excluding hydrogens is 246 g/mol. The number of halogens is 2. The van der Waals surface area contributed by atoms with Crippen molar-refractivity contribution < 1.29 is 8.78 Å². The van der Waals surface area contributed by atoms with Crippen LogP contribution in [0, 0.1) is 0 Å². The normalized spacial score (nSPS) is 25.5. The van der Waals surface area contributed by atoms with Gasteiger partial charge in [-0.05, 0) is 33.4 Å². The summed E-state index contributed by atoms with van der Waals surface area (Å²) in [6.07, 6.45) is 1.87. The molecule has 0 saturated carbocycles. The fourth-order valence-corrected chi connectivity index (χ4v) is 2.53. The predicted octanol–water partition coefficient (Wildman–Crippen LogP) is 2.85. The monoisotopic (exact) mass is 268 g/mol. The number of piperidine rings is 1. The summed E-state index contributed by atoms with van der Waals surface area (Å²) in [7, 11) is 2.08. The van der Waals surface area contributed by atoms with E-state index in [0.29, 0.717) is 6.04 Å². The van der Waals surface area contributed by atoms with E-state index in [1.165, 1.54) is 12.1 Å². The van der Waals surface area contributed by atoms with Crippen molar-refractivity contribution in [1.29, 1.82) is 0 Å². The van der Waals surface area contributed by atoms with Crippen LogP contribution in [0.3, 0.4) is 0 Å². The molecule has 2 atom stereocenters. The molecule has 1 aromatic carbocycles. The Bertz CT molecular complexity index is 394. The van der Waals surface area contributed by atoms with Gasteiger partial charge in [-0.2, -0.15) is 8.78 Å². The Morgan fingerprint density at radius 2 is 2.00 bits per heavy atom. The number of alkyl halides is 2. The Morgan fingerprint density at radius 3 is 2.63 bits per heavy atom. The SMILES string of the molecule is CC1CC(NCC(F)(F)c2ccccc2)CCN1C. The van der Waals surface area contributed by atoms with Crippen LogP contribution < -0.4 is 5.32 Å². The minimum absolute atomic E-state index is 0.0866. The molecule has 0 bridgehead atoms. The lowest BCUT2D eigenvalue weighted by Gasteiger charge is -2.36. The van der Waals surface area contributed by atoms with E-state index < -0.39 is 5.92 Å². The third-order valence-electron chi connectivity index (χ3n) is 4.02. The second-order valence-corrected chi connectivity index (χ2v) is 5.50. The topological polar surface area (TPSA) is 15.3 Å². The van der Waals surface area contributed by atoms with E-state index in [4.69, 9.17) is 0 Å². The van der Waals surface area contributed by atoms with Gasteiger partial charge in [0.2, 0.25) is 0 Å². The predicted molar refractivity (Wildman–Crippen MR) is 73.5 cm³/mol. The van der Waals surface area contributed by atoms with Gasteiger partial charge in [0.05, 0.1) is 6.54 Å². The smallest absolute Gasteiger partial charge is 0.285 e. The maximum absolute atomic E-state index is 14.0. The Morgan fingerprint density at radius 1 is 1.32 bits per heavy atom. The fourth-order valence-electron chi connectivity index (χ4n) is 2.53. The summed E-state index contributed by atoms with van der Waals surface area (Å²) in [6, 6.07) is 8.68. The number of hydrogen-bond acceptors (Lipinski definition) is 2. The highest BCUT2D eigenvalue weighted by Gasteiger charge is 2.32. The van der Waals surface area contributed by atoms with Gasteiger partial charge in [-0.25, -0.2) is 0 Å². The van der Waals surface area contributed by atoms with E-state index in [0.717, 1.165) is 19.4 Å². The number of hydrogen-bond donors (Lipinski definition) is 1. The molecule has 2 rings (SSSR count). The molecule has 1 aliphatic heterocycles. The molecule has 0 radical (unpaired) electrons. The standard InChI is InChI=1S/C15H22F2N2/c1-12-10-14(8-9-19(12)2)18-11-15(16,17)13-6-4-3-5-7-13/h3-7,12,14,18H,8-11H2,1-2H3. The maximum Gasteiger partial charge on any atom is 0.285 e. The Balaban J connectivity index is 1.88. The first-order valence-electron chi connectivity index (χ1n) is 6.86. The van der Waals surface area contributed by atoms with E-state index >= 15 is 0 Å². The molecule has 1 saturated heterocycles. The quantitative estimate of drug-likeness (QED) is 0.903. The number of likely N-dealkylation sites (tertiary alicyclic amines) is 1. The van der Waals surface area contributed by atoms with Crippen molar-refractivity contribution in [3.05, 3.63) is 35.9 Å². The van der Waals surface area contributed by atoms with Crippen LogP contribution in [0.4, 0.5) is 8.78 Å². The third-order valence-corrected chi connectivity index (χ3v) is 4.02. The molecule has 1 fully saturated rings. The van der Waals surface area contributed by atoms with E-state index in [2.05, 4.69) is 24.2 Å². The average Bonchev–Trinajstić information content (AvgIpc) is 2.41. The molecule has 1 N–H and O–H groups in total. The summed E-state index contributed by atoms with van der Waals surface area (Å²) in [4.78, 5) is 2.27. The summed E-state index contributed by atoms with van der Waals surface area (Å²) in [5.74, 6) is -2.80. The van der Waals surface area contributed by atoms with Crippen LogP contribution in [0.5, 0.6) is 0 Å². The van der Waals surface area contributed by atoms with Crippen LogP contribution >= 0.6 is 0 Å². The van der Waals surface area contributed by atoms with Crippen molar-refractivity contribution >= 4 is 0 Å². The first-order valence-corrected chi connectivity index (χ1v) is 6.86. The van der Waals surface area contributed by atoms with Gasteiger partial charge in [0.15, 0.2) is 0 Å². The fraction of sp³-hybridized carbons (Fsp3) is 0.600. The van der Waals surface area contributed by atoms with Gasteiger partial charge in [0.1, 0.15) is 0 Å². The van der Waals surface area contributed by atoms with Gasteiger partial charge < -0.3 is 10.2 Å². The third kappa shape index (κ3) is 3.74. The van der Waals surface area contributed by atoms with Crippen LogP contribution in [0.1, 0.15) is 25.3 Å². The second-order valence-electron chi connectivity index (χ2n) is 5.50. The van der Waals surface area contributed by atoms with Gasteiger partial charge in [-0.3, -0.25) is 0 Å². The molecule has 0 aromatic heterocycles. The highest BCUT2D eigenvalue weighted by molar-refractivity contribution is 5.20. The second kappa shape index (κ2) is 5.97. The summed E-state index contributed by atoms with van der Waals surface area (Å²) in [6.45, 7) is 2.83. The van der Waals surface area contributed by atoms with Crippen molar-refractivity contribution in [2.75, 3.05) is 20.1 Å². The molecule has 1 aromatic rings. The molecule has 0 aliphatic carbocycles. The van der Waals surface area contributed by atoms with Crippen molar-refractivity contribution in [1.82, 2.24) is 10.2 Å². The van der Waals surface area contributed by atoms with Crippen LogP contribution in [0.25, 0.3) is 0 Å². The Labute approximate surface area is 113 Å². The van der Waals surface area contributed by atoms with Crippen molar-refractivity contribution in [3.63, 3.8) is 0 Å². The minimum Gasteiger partial charge on any atom is -0.308 e. The van der Waals surface area contributed by atoms with E-state index in [1.54, 1.807) is 18.2 Å². The average molecular weight is 268 g/mol. The lowest BCUT2D eigenvalue weighted by molar-refractivity contribution is -0.00859. The first-order chi connectivity index (χ1) is 8.99. The van der Waals surface area contributed by atoms with E-state index in [9.17, 15) is 8.78 Å². The molecule has 1 heterocycles. The zero-order valence-electron chi connectivity index (χ0n) is 11.6. The van der Waals surface area contributed by atoms with Gasteiger partial charge in [-0.1, -0.05) is 30.3 Å². The van der Waals surface area contributed by atoms with E-state index in [1.807, 2.05) is 0 Å². The molecule has 2 unspecified atom stereocenters. The highest BCUT2D eigenvalue weighted by atomic mass is 19.3. The number of nitrogens with zero attached hydrogens (tertiary/aromatic N) is 1. The van der Waals surface area contributed by atoms with Crippen molar-refractivity contribution in [3.8, 4) is 0 Å². The van der Waals surface area contributed by atoms with Gasteiger partial charge >= 0.3 is 0 Å². The number of benzene rings is 1. The summed E-state index contributed by atoms with van der Waals surface area (Å²) < 4.78 is 28.0. The van der Waals surface area contributed by atoms with Gasteiger partial charge in [0.25, 0.3) is 5.92 Å². The van der Waals surface area contributed by atoms with Crippen LogP contribution in [0.2, 0.25) is 0 Å². The van der Waals surface area contributed by atoms with E-state index in [-0.39, 0.29) is 18.2 Å². The summed E-state index contributed by atoms with van der Waals surface area (Å²) in [5.41, 5.74) is 0.0866. The molecule has 4 heteroatoms. The molecule has 2 nitrogen and oxygen atoms in total. The maximum atomic E-state index is 14.0. The molecule has 0 spiro atoms. The highest BCUT2D eigenvalue weighted by Crippen LogP contribution is 2.27. The molecular formula is C15H22F2N2. The molecule has 106 valence electrons. The number of rotatable bonds is 4. The molecule has 0 amide bonds. The largest absolute Gasteiger partial charge is 0.308 e. The van der Waals surface area contributed by atoms with Gasteiger partial charge in [0, 0.05) is 17.6 Å². The Kier molecular flexibility index (Phi) is 4.53.